The summed E-state index contributed by atoms with van der Waals surface area (Å²) in [6.45, 7) is 5.93. The van der Waals surface area contributed by atoms with Gasteiger partial charge in [-0.1, -0.05) is 25.1 Å². The number of phenols is 1. The van der Waals surface area contributed by atoms with Crippen LogP contribution in [0.5, 0.6) is 5.75 Å². The highest BCUT2D eigenvalue weighted by atomic mass is 16.3. The first-order valence-electron chi connectivity index (χ1n) is 7.09. The van der Waals surface area contributed by atoms with Crippen molar-refractivity contribution in [2.24, 2.45) is 5.92 Å². The van der Waals surface area contributed by atoms with Gasteiger partial charge in [0.15, 0.2) is 0 Å². The third-order valence-electron chi connectivity index (χ3n) is 4.37. The Morgan fingerprint density at radius 1 is 1.00 bits per heavy atom. The van der Waals surface area contributed by atoms with Crippen molar-refractivity contribution >= 4 is 0 Å². The molecule has 2 unspecified atom stereocenters. The third kappa shape index (κ3) is 2.01. The molecule has 20 heavy (non-hydrogen) atoms. The smallest absolute Gasteiger partial charge is 0.121 e. The summed E-state index contributed by atoms with van der Waals surface area (Å²) >= 11 is 0. The second-order valence-corrected chi connectivity index (χ2v) is 6.00. The first-order chi connectivity index (χ1) is 9.47. The fraction of sp³-hybridized carbons (Fsp3) is 0.333. The Morgan fingerprint density at radius 3 is 2.30 bits per heavy atom. The number of aliphatic hydroxyl groups excluding tert-OH is 1. The molecule has 2 aromatic rings. The lowest BCUT2D eigenvalue weighted by molar-refractivity contribution is 0.133. The quantitative estimate of drug-likeness (QED) is 0.823. The molecule has 0 radical (unpaired) electrons. The second-order valence-electron chi connectivity index (χ2n) is 6.00. The Labute approximate surface area is 119 Å². The summed E-state index contributed by atoms with van der Waals surface area (Å²) in [5.41, 5.74) is 6.37. The molecule has 3 rings (SSSR count). The third-order valence-corrected chi connectivity index (χ3v) is 4.37. The lowest BCUT2D eigenvalue weighted by atomic mass is 9.97. The predicted octanol–water partition coefficient (Wildman–Crippen LogP) is 3.90. The number of aromatic hydroxyl groups is 1. The van der Waals surface area contributed by atoms with Gasteiger partial charge >= 0.3 is 0 Å². The van der Waals surface area contributed by atoms with Crippen LogP contribution in [0.1, 0.15) is 35.3 Å². The largest absolute Gasteiger partial charge is 0.507 e. The van der Waals surface area contributed by atoms with Crippen LogP contribution in [0.4, 0.5) is 0 Å². The highest BCUT2D eigenvalue weighted by Gasteiger charge is 2.27. The summed E-state index contributed by atoms with van der Waals surface area (Å²) in [5.74, 6) is 0.669. The van der Waals surface area contributed by atoms with Crippen LogP contribution in [-0.2, 0) is 6.42 Å². The second kappa shape index (κ2) is 4.64. The van der Waals surface area contributed by atoms with Gasteiger partial charge in [0.2, 0.25) is 0 Å². The van der Waals surface area contributed by atoms with Crippen molar-refractivity contribution in [1.29, 1.82) is 0 Å². The van der Waals surface area contributed by atoms with E-state index in [4.69, 9.17) is 0 Å². The molecule has 1 aliphatic rings. The molecule has 0 spiro atoms. The summed E-state index contributed by atoms with van der Waals surface area (Å²) in [6, 6.07) is 10.3. The van der Waals surface area contributed by atoms with E-state index in [0.717, 1.165) is 34.2 Å². The highest BCUT2D eigenvalue weighted by Crippen LogP contribution is 2.38. The molecule has 0 amide bonds. The molecule has 2 nitrogen and oxygen atoms in total. The molecule has 2 N–H and O–H groups in total. The van der Waals surface area contributed by atoms with Crippen LogP contribution < -0.4 is 0 Å². The SMILES string of the molecule is Cc1cc(-c2ccc3c(c2)CC(C)C3O)cc(C)c1O. The summed E-state index contributed by atoms with van der Waals surface area (Å²) in [5, 5.41) is 20.0. The van der Waals surface area contributed by atoms with Gasteiger partial charge in [0.05, 0.1) is 6.10 Å². The predicted molar refractivity (Wildman–Crippen MR) is 80.8 cm³/mol. The lowest BCUT2D eigenvalue weighted by Crippen LogP contribution is -2.00. The number of phenolic OH excluding ortho intramolecular Hbond substituents is 1. The van der Waals surface area contributed by atoms with Crippen LogP contribution in [0.2, 0.25) is 0 Å². The van der Waals surface area contributed by atoms with Crippen LogP contribution in [0.25, 0.3) is 11.1 Å². The Bertz CT molecular complexity index is 650. The molecule has 0 saturated heterocycles. The average molecular weight is 268 g/mol. The normalized spacial score (nSPS) is 21.0. The minimum Gasteiger partial charge on any atom is -0.507 e. The Balaban J connectivity index is 2.07. The standard InChI is InChI=1S/C18H20O2/c1-10-6-14(7-11(2)17(10)19)13-4-5-16-15(9-13)8-12(3)18(16)20/h4-7,9,12,18-20H,8H2,1-3H3. The fourth-order valence-electron chi connectivity index (χ4n) is 3.14. The fourth-order valence-corrected chi connectivity index (χ4v) is 3.14. The maximum Gasteiger partial charge on any atom is 0.121 e. The summed E-state index contributed by atoms with van der Waals surface area (Å²) in [7, 11) is 0. The number of aliphatic hydroxyl groups is 1. The molecule has 0 bridgehead atoms. The molecule has 0 fully saturated rings. The van der Waals surface area contributed by atoms with Gasteiger partial charge in [0.1, 0.15) is 5.75 Å². The van der Waals surface area contributed by atoms with E-state index in [1.54, 1.807) is 0 Å². The van der Waals surface area contributed by atoms with E-state index >= 15 is 0 Å². The molecular weight excluding hydrogens is 248 g/mol. The number of hydrogen-bond donors (Lipinski definition) is 2. The molecular formula is C18H20O2. The molecule has 1 aliphatic carbocycles. The van der Waals surface area contributed by atoms with Crippen molar-refractivity contribution in [2.75, 3.05) is 0 Å². The number of benzene rings is 2. The van der Waals surface area contributed by atoms with Gasteiger partial charge in [-0.3, -0.25) is 0 Å². The maximum atomic E-state index is 10.1. The van der Waals surface area contributed by atoms with Gasteiger partial charge in [-0.25, -0.2) is 0 Å². The van der Waals surface area contributed by atoms with Crippen LogP contribution in [0.15, 0.2) is 30.3 Å². The average Bonchev–Trinajstić information content (AvgIpc) is 2.70. The van der Waals surface area contributed by atoms with E-state index in [1.807, 2.05) is 32.0 Å². The zero-order valence-corrected chi connectivity index (χ0v) is 12.1. The van der Waals surface area contributed by atoms with E-state index in [1.165, 1.54) is 5.56 Å². The van der Waals surface area contributed by atoms with Gasteiger partial charge in [-0.15, -0.1) is 0 Å². The van der Waals surface area contributed by atoms with Gasteiger partial charge in [0.25, 0.3) is 0 Å². The number of aryl methyl sites for hydroxylation is 2. The Kier molecular flexibility index (Phi) is 3.06. The van der Waals surface area contributed by atoms with Crippen LogP contribution in [-0.4, -0.2) is 10.2 Å². The summed E-state index contributed by atoms with van der Waals surface area (Å²) in [6.07, 6.45) is 0.600. The topological polar surface area (TPSA) is 40.5 Å². The van der Waals surface area contributed by atoms with Crippen LogP contribution in [0, 0.1) is 19.8 Å². The van der Waals surface area contributed by atoms with Crippen LogP contribution >= 0.6 is 0 Å². The van der Waals surface area contributed by atoms with E-state index < -0.39 is 0 Å². The molecule has 0 aliphatic heterocycles. The molecule has 2 aromatic carbocycles. The highest BCUT2D eigenvalue weighted by molar-refractivity contribution is 5.68. The van der Waals surface area contributed by atoms with Gasteiger partial charge < -0.3 is 10.2 Å². The van der Waals surface area contributed by atoms with Crippen molar-refractivity contribution in [3.8, 4) is 16.9 Å². The van der Waals surface area contributed by atoms with E-state index in [9.17, 15) is 10.2 Å². The maximum absolute atomic E-state index is 10.1. The minimum atomic E-state index is -0.331. The summed E-state index contributed by atoms with van der Waals surface area (Å²) < 4.78 is 0. The van der Waals surface area contributed by atoms with Crippen molar-refractivity contribution in [2.45, 2.75) is 33.3 Å². The van der Waals surface area contributed by atoms with Gasteiger partial charge in [-0.05, 0) is 71.7 Å². The van der Waals surface area contributed by atoms with Crippen molar-refractivity contribution in [3.05, 3.63) is 52.6 Å². The molecule has 2 atom stereocenters. The van der Waals surface area contributed by atoms with E-state index in [2.05, 4.69) is 19.1 Å². The van der Waals surface area contributed by atoms with Gasteiger partial charge in [0, 0.05) is 0 Å². The molecule has 0 heterocycles. The Morgan fingerprint density at radius 2 is 1.65 bits per heavy atom. The number of hydrogen-bond acceptors (Lipinski definition) is 2. The van der Waals surface area contributed by atoms with Crippen LogP contribution in [0.3, 0.4) is 0 Å². The number of rotatable bonds is 1. The summed E-state index contributed by atoms with van der Waals surface area (Å²) in [4.78, 5) is 0. The van der Waals surface area contributed by atoms with Crippen molar-refractivity contribution in [1.82, 2.24) is 0 Å². The molecule has 104 valence electrons. The van der Waals surface area contributed by atoms with E-state index in [-0.39, 0.29) is 6.10 Å². The molecule has 2 heteroatoms. The zero-order chi connectivity index (χ0) is 14.4. The first-order valence-corrected chi connectivity index (χ1v) is 7.09. The number of fused-ring (bicyclic) bond motifs is 1. The minimum absolute atomic E-state index is 0.295. The molecule has 0 aromatic heterocycles. The lowest BCUT2D eigenvalue weighted by Gasteiger charge is -2.11. The van der Waals surface area contributed by atoms with Crippen molar-refractivity contribution < 1.29 is 10.2 Å². The monoisotopic (exact) mass is 268 g/mol. The van der Waals surface area contributed by atoms with E-state index in [0.29, 0.717) is 11.7 Å². The zero-order valence-electron chi connectivity index (χ0n) is 12.1. The first kappa shape index (κ1) is 13.2. The molecule has 0 saturated carbocycles. The van der Waals surface area contributed by atoms with Gasteiger partial charge in [-0.2, -0.15) is 0 Å². The Hall–Kier alpha value is -1.80. The van der Waals surface area contributed by atoms with Crippen molar-refractivity contribution in [3.63, 3.8) is 0 Å².